The van der Waals surface area contributed by atoms with Crippen molar-refractivity contribution in [2.75, 3.05) is 26.2 Å². The van der Waals surface area contributed by atoms with Gasteiger partial charge in [0, 0.05) is 32.2 Å². The first kappa shape index (κ1) is 19.8. The minimum atomic E-state index is 0. The summed E-state index contributed by atoms with van der Waals surface area (Å²) in [4.78, 5) is 2.74. The molecule has 126 valence electrons. The molecular weight excluding hydrogens is 315 g/mol. The number of hydrogen-bond acceptors (Lipinski definition) is 2. The van der Waals surface area contributed by atoms with Crippen molar-refractivity contribution in [2.24, 2.45) is 5.92 Å². The summed E-state index contributed by atoms with van der Waals surface area (Å²) in [6.07, 6.45) is 4.26. The van der Waals surface area contributed by atoms with Crippen LogP contribution in [0.1, 0.15) is 47.6 Å². The zero-order valence-electron chi connectivity index (χ0n) is 14.0. The highest BCUT2D eigenvalue weighted by Gasteiger charge is 2.35. The summed E-state index contributed by atoms with van der Waals surface area (Å²) in [6.45, 7) is 11.5. The second-order valence-corrected chi connectivity index (χ2v) is 6.73. The fourth-order valence-corrected chi connectivity index (χ4v) is 4.09. The Morgan fingerprint density at radius 1 is 1.00 bits per heavy atom. The number of nitrogens with one attached hydrogen (secondary N) is 1. The largest absolute Gasteiger partial charge is 0.314 e. The summed E-state index contributed by atoms with van der Waals surface area (Å²) >= 11 is 0. The van der Waals surface area contributed by atoms with Crippen LogP contribution in [-0.4, -0.2) is 31.1 Å². The predicted molar refractivity (Wildman–Crippen MR) is 99.7 cm³/mol. The maximum atomic E-state index is 3.49. The lowest BCUT2D eigenvalue weighted by atomic mass is 9.74. The molecule has 2 fully saturated rings. The molecule has 0 unspecified atom stereocenters. The van der Waals surface area contributed by atoms with E-state index in [1.807, 2.05) is 0 Å². The second-order valence-electron chi connectivity index (χ2n) is 6.73. The van der Waals surface area contributed by atoms with Gasteiger partial charge in [0.2, 0.25) is 0 Å². The van der Waals surface area contributed by atoms with Crippen LogP contribution in [0.4, 0.5) is 0 Å². The van der Waals surface area contributed by atoms with E-state index in [9.17, 15) is 0 Å². The number of rotatable bonds is 3. The summed E-state index contributed by atoms with van der Waals surface area (Å²) < 4.78 is 0. The molecule has 0 bridgehead atoms. The van der Waals surface area contributed by atoms with E-state index in [0.717, 1.165) is 19.0 Å². The van der Waals surface area contributed by atoms with Gasteiger partial charge in [-0.15, -0.1) is 24.8 Å². The molecule has 3 rings (SSSR count). The number of hydrogen-bond donors (Lipinski definition) is 1. The molecule has 1 heterocycles. The van der Waals surface area contributed by atoms with E-state index in [1.165, 1.54) is 49.0 Å². The fourth-order valence-electron chi connectivity index (χ4n) is 4.09. The van der Waals surface area contributed by atoms with Crippen LogP contribution in [-0.2, 0) is 0 Å². The van der Waals surface area contributed by atoms with Gasteiger partial charge in [-0.2, -0.15) is 0 Å². The van der Waals surface area contributed by atoms with E-state index in [2.05, 4.69) is 43.1 Å². The first-order valence-electron chi connectivity index (χ1n) is 8.19. The Labute approximate surface area is 147 Å². The van der Waals surface area contributed by atoms with Crippen molar-refractivity contribution in [3.63, 3.8) is 0 Å². The average molecular weight is 345 g/mol. The molecule has 2 aliphatic rings. The van der Waals surface area contributed by atoms with Crippen LogP contribution in [0.2, 0.25) is 0 Å². The normalized spacial score (nSPS) is 20.5. The van der Waals surface area contributed by atoms with Crippen molar-refractivity contribution in [3.8, 4) is 0 Å². The van der Waals surface area contributed by atoms with Crippen molar-refractivity contribution < 1.29 is 0 Å². The van der Waals surface area contributed by atoms with Crippen molar-refractivity contribution in [2.45, 2.75) is 46.1 Å². The Morgan fingerprint density at radius 2 is 1.55 bits per heavy atom. The lowest BCUT2D eigenvalue weighted by Crippen LogP contribution is -2.48. The molecule has 0 amide bonds. The number of piperazine rings is 1. The van der Waals surface area contributed by atoms with Gasteiger partial charge in [0.25, 0.3) is 0 Å². The zero-order valence-corrected chi connectivity index (χ0v) is 15.7. The molecule has 1 atom stereocenters. The van der Waals surface area contributed by atoms with Gasteiger partial charge < -0.3 is 5.32 Å². The molecule has 0 radical (unpaired) electrons. The van der Waals surface area contributed by atoms with Crippen molar-refractivity contribution in [3.05, 3.63) is 34.4 Å². The van der Waals surface area contributed by atoms with E-state index >= 15 is 0 Å². The summed E-state index contributed by atoms with van der Waals surface area (Å²) in [5.41, 5.74) is 6.02. The van der Waals surface area contributed by atoms with E-state index in [1.54, 1.807) is 5.56 Å². The number of halogens is 2. The third-order valence-corrected chi connectivity index (χ3v) is 5.18. The van der Waals surface area contributed by atoms with Gasteiger partial charge in [-0.25, -0.2) is 0 Å². The molecular formula is C18H30Cl2N2. The van der Waals surface area contributed by atoms with Crippen LogP contribution in [0.25, 0.3) is 0 Å². The summed E-state index contributed by atoms with van der Waals surface area (Å²) in [5, 5.41) is 3.49. The quantitative estimate of drug-likeness (QED) is 0.883. The molecule has 1 aliphatic carbocycles. The van der Waals surface area contributed by atoms with Crippen LogP contribution < -0.4 is 5.32 Å². The zero-order chi connectivity index (χ0) is 14.1. The van der Waals surface area contributed by atoms with Gasteiger partial charge in [0.1, 0.15) is 0 Å². The number of nitrogens with zero attached hydrogens (tertiary/aromatic N) is 1. The molecule has 1 saturated carbocycles. The third-order valence-electron chi connectivity index (χ3n) is 5.18. The first-order valence-corrected chi connectivity index (χ1v) is 8.19. The Bertz CT molecular complexity index is 457. The second kappa shape index (κ2) is 8.54. The van der Waals surface area contributed by atoms with E-state index in [0.29, 0.717) is 6.04 Å². The molecule has 0 aromatic heterocycles. The standard InChI is InChI=1S/C18H28N2.2ClH/c1-13-11-14(2)17(15(3)12-13)18(16-5-4-6-16)20-9-7-19-8-10-20;;/h11-12,16,18-19H,4-10H2,1-3H3;2*1H/t18-;;/m1../s1. The summed E-state index contributed by atoms with van der Waals surface area (Å²) in [6, 6.07) is 5.40. The molecule has 2 nitrogen and oxygen atoms in total. The highest BCUT2D eigenvalue weighted by atomic mass is 35.5. The van der Waals surface area contributed by atoms with E-state index < -0.39 is 0 Å². The monoisotopic (exact) mass is 344 g/mol. The first-order chi connectivity index (χ1) is 9.66. The molecule has 1 aromatic carbocycles. The predicted octanol–water partition coefficient (Wildman–Crippen LogP) is 4.20. The summed E-state index contributed by atoms with van der Waals surface area (Å²) in [7, 11) is 0. The Morgan fingerprint density at radius 3 is 2.00 bits per heavy atom. The maximum Gasteiger partial charge on any atom is 0.0382 e. The van der Waals surface area contributed by atoms with Crippen molar-refractivity contribution in [1.29, 1.82) is 0 Å². The highest BCUT2D eigenvalue weighted by molar-refractivity contribution is 5.85. The summed E-state index contributed by atoms with van der Waals surface area (Å²) in [5.74, 6) is 0.883. The van der Waals surface area contributed by atoms with E-state index in [4.69, 9.17) is 0 Å². The smallest absolute Gasteiger partial charge is 0.0382 e. The molecule has 1 saturated heterocycles. The Balaban J connectivity index is 0.00000121. The van der Waals surface area contributed by atoms with Gasteiger partial charge in [0.05, 0.1) is 0 Å². The molecule has 0 spiro atoms. The van der Waals surface area contributed by atoms with Crippen LogP contribution >= 0.6 is 24.8 Å². The highest BCUT2D eigenvalue weighted by Crippen LogP contribution is 2.43. The molecule has 1 N–H and O–H groups in total. The van der Waals surface area contributed by atoms with Gasteiger partial charge >= 0.3 is 0 Å². The van der Waals surface area contributed by atoms with Gasteiger partial charge in [-0.3, -0.25) is 4.90 Å². The average Bonchev–Trinajstić information content (AvgIpc) is 2.35. The molecule has 22 heavy (non-hydrogen) atoms. The third kappa shape index (κ3) is 3.97. The number of benzene rings is 1. The molecule has 4 heteroatoms. The van der Waals surface area contributed by atoms with Crippen LogP contribution in [0.3, 0.4) is 0 Å². The lowest BCUT2D eigenvalue weighted by molar-refractivity contribution is 0.0828. The topological polar surface area (TPSA) is 15.3 Å². The Kier molecular flexibility index (Phi) is 7.67. The SMILES string of the molecule is Cc1cc(C)c([C@@H](C2CCC2)N2CCNCC2)c(C)c1.Cl.Cl. The van der Waals surface area contributed by atoms with E-state index in [-0.39, 0.29) is 24.8 Å². The minimum Gasteiger partial charge on any atom is -0.314 e. The van der Waals surface area contributed by atoms with Crippen molar-refractivity contribution >= 4 is 24.8 Å². The number of aryl methyl sites for hydroxylation is 3. The van der Waals surface area contributed by atoms with Crippen LogP contribution in [0, 0.1) is 26.7 Å². The molecule has 1 aliphatic heterocycles. The van der Waals surface area contributed by atoms with Crippen LogP contribution in [0.15, 0.2) is 12.1 Å². The minimum absolute atomic E-state index is 0. The van der Waals surface area contributed by atoms with Gasteiger partial charge in [-0.1, -0.05) is 24.1 Å². The maximum absolute atomic E-state index is 3.49. The van der Waals surface area contributed by atoms with Gasteiger partial charge in [0.15, 0.2) is 0 Å². The molecule has 1 aromatic rings. The fraction of sp³-hybridized carbons (Fsp3) is 0.667. The van der Waals surface area contributed by atoms with Crippen LogP contribution in [0.5, 0.6) is 0 Å². The Hall–Kier alpha value is -0.280. The van der Waals surface area contributed by atoms with Gasteiger partial charge in [-0.05, 0) is 56.2 Å². The lowest BCUT2D eigenvalue weighted by Gasteiger charge is -2.44. The van der Waals surface area contributed by atoms with Crippen molar-refractivity contribution in [1.82, 2.24) is 10.2 Å².